The van der Waals surface area contributed by atoms with Crippen molar-refractivity contribution in [3.63, 3.8) is 0 Å². The minimum Gasteiger partial charge on any atom is -0.488 e. The molecule has 0 aliphatic carbocycles. The molecule has 0 aromatic heterocycles. The first-order chi connectivity index (χ1) is 12.1. The smallest absolute Gasteiger partial charge is 0.128 e. The summed E-state index contributed by atoms with van der Waals surface area (Å²) < 4.78 is 7.01. The number of rotatable bonds is 5. The fourth-order valence-electron chi connectivity index (χ4n) is 2.37. The van der Waals surface area contributed by atoms with Crippen LogP contribution in [0.1, 0.15) is 22.3 Å². The average molecular weight is 394 g/mol. The van der Waals surface area contributed by atoms with Crippen molar-refractivity contribution < 1.29 is 4.74 Å². The molecule has 3 rings (SSSR count). The van der Waals surface area contributed by atoms with Crippen LogP contribution in [0, 0.1) is 13.8 Å². The lowest BCUT2D eigenvalue weighted by Gasteiger charge is -2.10. The van der Waals surface area contributed by atoms with Crippen LogP contribution in [0.25, 0.3) is 0 Å². The predicted molar refractivity (Wildman–Crippen MR) is 108 cm³/mol. The van der Waals surface area contributed by atoms with Crippen LogP contribution >= 0.6 is 15.9 Å². The van der Waals surface area contributed by atoms with Crippen molar-refractivity contribution in [3.8, 4) is 5.75 Å². The molecule has 0 bridgehead atoms. The molecule has 0 amide bonds. The van der Waals surface area contributed by atoms with Crippen molar-refractivity contribution >= 4 is 27.8 Å². The van der Waals surface area contributed by atoms with Crippen molar-refractivity contribution in [3.05, 3.63) is 93.5 Å². The molecule has 3 aromatic rings. The van der Waals surface area contributed by atoms with Crippen molar-refractivity contribution in [1.29, 1.82) is 0 Å². The summed E-state index contributed by atoms with van der Waals surface area (Å²) in [6, 6.07) is 22.5. The van der Waals surface area contributed by atoms with Gasteiger partial charge in [-0.15, -0.1) is 0 Å². The Hall–Kier alpha value is -2.39. The molecule has 0 heterocycles. The normalized spacial score (nSPS) is 11.0. The second kappa shape index (κ2) is 8.13. The van der Waals surface area contributed by atoms with E-state index in [0.29, 0.717) is 6.61 Å². The molecule has 0 saturated heterocycles. The molecule has 0 radical (unpaired) electrons. The van der Waals surface area contributed by atoms with Gasteiger partial charge in [0.25, 0.3) is 0 Å². The summed E-state index contributed by atoms with van der Waals surface area (Å²) in [5.74, 6) is 0.819. The Morgan fingerprint density at radius 3 is 2.20 bits per heavy atom. The highest BCUT2D eigenvalue weighted by atomic mass is 79.9. The summed E-state index contributed by atoms with van der Waals surface area (Å²) in [6.07, 6.45) is 1.85. The Kier molecular flexibility index (Phi) is 5.67. The molecule has 3 heteroatoms. The first-order valence-electron chi connectivity index (χ1n) is 8.19. The first-order valence-corrected chi connectivity index (χ1v) is 8.98. The molecule has 0 N–H and O–H groups in total. The topological polar surface area (TPSA) is 21.6 Å². The van der Waals surface area contributed by atoms with E-state index in [4.69, 9.17) is 4.74 Å². The highest BCUT2D eigenvalue weighted by Gasteiger charge is 2.04. The molecule has 0 unspecified atom stereocenters. The SMILES string of the molecule is Cc1ccc(COc2ccc(Br)cc2C=Nc2ccc(C)cc2)cc1. The number of nitrogens with zero attached hydrogens (tertiary/aromatic N) is 1. The molecule has 3 aromatic carbocycles. The predicted octanol–water partition coefficient (Wildman–Crippen LogP) is 6.40. The molecule has 2 nitrogen and oxygen atoms in total. The molecule has 0 spiro atoms. The van der Waals surface area contributed by atoms with Gasteiger partial charge in [0.15, 0.2) is 0 Å². The molecule has 25 heavy (non-hydrogen) atoms. The maximum atomic E-state index is 6.01. The van der Waals surface area contributed by atoms with E-state index >= 15 is 0 Å². The Bertz CT molecular complexity index is 868. The number of ether oxygens (including phenoxy) is 1. The Morgan fingerprint density at radius 1 is 0.880 bits per heavy atom. The second-order valence-corrected chi connectivity index (χ2v) is 6.97. The number of benzene rings is 3. The number of aryl methyl sites for hydroxylation is 2. The Labute approximate surface area is 157 Å². The lowest BCUT2D eigenvalue weighted by atomic mass is 10.1. The van der Waals surface area contributed by atoms with Crippen LogP contribution in [0.15, 0.2) is 76.2 Å². The van der Waals surface area contributed by atoms with Gasteiger partial charge >= 0.3 is 0 Å². The van der Waals surface area contributed by atoms with Gasteiger partial charge in [0, 0.05) is 16.3 Å². The van der Waals surface area contributed by atoms with E-state index in [1.54, 1.807) is 0 Å². The van der Waals surface area contributed by atoms with Crippen LogP contribution in [0.2, 0.25) is 0 Å². The quantitative estimate of drug-likeness (QED) is 0.459. The van der Waals surface area contributed by atoms with Gasteiger partial charge in [0.2, 0.25) is 0 Å². The highest BCUT2D eigenvalue weighted by Crippen LogP contribution is 2.24. The van der Waals surface area contributed by atoms with E-state index in [-0.39, 0.29) is 0 Å². The van der Waals surface area contributed by atoms with E-state index in [0.717, 1.165) is 27.0 Å². The monoisotopic (exact) mass is 393 g/mol. The van der Waals surface area contributed by atoms with Crippen molar-refractivity contribution in [2.45, 2.75) is 20.5 Å². The molecule has 0 atom stereocenters. The van der Waals surface area contributed by atoms with Gasteiger partial charge in [-0.2, -0.15) is 0 Å². The van der Waals surface area contributed by atoms with E-state index in [1.807, 2.05) is 36.5 Å². The summed E-state index contributed by atoms with van der Waals surface area (Å²) >= 11 is 3.52. The molecule has 0 saturated carbocycles. The number of aliphatic imine (C=N–C) groups is 1. The summed E-state index contributed by atoms with van der Waals surface area (Å²) in [4.78, 5) is 4.56. The molecular formula is C22H20BrNO. The first kappa shape index (κ1) is 17.4. The van der Waals surface area contributed by atoms with Crippen LogP contribution in [0.4, 0.5) is 5.69 Å². The average Bonchev–Trinajstić information content (AvgIpc) is 2.62. The number of halogens is 1. The summed E-state index contributed by atoms with van der Waals surface area (Å²) in [5.41, 5.74) is 5.49. The van der Waals surface area contributed by atoms with Crippen LogP contribution < -0.4 is 4.74 Å². The molecular weight excluding hydrogens is 374 g/mol. The van der Waals surface area contributed by atoms with Gasteiger partial charge in [0.1, 0.15) is 12.4 Å². The zero-order valence-electron chi connectivity index (χ0n) is 14.4. The van der Waals surface area contributed by atoms with Crippen molar-refractivity contribution in [2.75, 3.05) is 0 Å². The van der Waals surface area contributed by atoms with E-state index < -0.39 is 0 Å². The Morgan fingerprint density at radius 2 is 1.52 bits per heavy atom. The van der Waals surface area contributed by atoms with Gasteiger partial charge in [-0.1, -0.05) is 63.5 Å². The third kappa shape index (κ3) is 5.04. The standard InChI is InChI=1S/C22H20BrNO/c1-16-3-7-18(8-4-16)15-25-22-12-9-20(23)13-19(22)14-24-21-10-5-17(2)6-11-21/h3-14H,15H2,1-2H3. The zero-order chi connectivity index (χ0) is 17.6. The number of hydrogen-bond donors (Lipinski definition) is 0. The lowest BCUT2D eigenvalue weighted by molar-refractivity contribution is 0.306. The third-order valence-electron chi connectivity index (χ3n) is 3.87. The van der Waals surface area contributed by atoms with Crippen LogP contribution in [0.3, 0.4) is 0 Å². The van der Waals surface area contributed by atoms with Gasteiger partial charge in [-0.3, -0.25) is 4.99 Å². The zero-order valence-corrected chi connectivity index (χ0v) is 16.0. The van der Waals surface area contributed by atoms with Crippen LogP contribution in [-0.4, -0.2) is 6.21 Å². The molecule has 0 aliphatic heterocycles. The summed E-state index contributed by atoms with van der Waals surface area (Å²) in [7, 11) is 0. The van der Waals surface area contributed by atoms with Crippen molar-refractivity contribution in [2.24, 2.45) is 4.99 Å². The largest absolute Gasteiger partial charge is 0.488 e. The maximum absolute atomic E-state index is 6.01. The van der Waals surface area contributed by atoms with Crippen LogP contribution in [-0.2, 0) is 6.61 Å². The fourth-order valence-corrected chi connectivity index (χ4v) is 2.75. The highest BCUT2D eigenvalue weighted by molar-refractivity contribution is 9.10. The minimum atomic E-state index is 0.535. The van der Waals surface area contributed by atoms with Gasteiger partial charge in [0.05, 0.1) is 5.69 Å². The molecule has 0 fully saturated rings. The number of hydrogen-bond acceptors (Lipinski definition) is 2. The van der Waals surface area contributed by atoms with E-state index in [2.05, 4.69) is 71.2 Å². The van der Waals surface area contributed by atoms with Crippen molar-refractivity contribution in [1.82, 2.24) is 0 Å². The van der Waals surface area contributed by atoms with Gasteiger partial charge in [-0.25, -0.2) is 0 Å². The maximum Gasteiger partial charge on any atom is 0.128 e. The summed E-state index contributed by atoms with van der Waals surface area (Å²) in [6.45, 7) is 4.69. The van der Waals surface area contributed by atoms with Gasteiger partial charge < -0.3 is 4.74 Å². The van der Waals surface area contributed by atoms with Gasteiger partial charge in [-0.05, 0) is 49.7 Å². The van der Waals surface area contributed by atoms with E-state index in [1.165, 1.54) is 11.1 Å². The summed E-state index contributed by atoms with van der Waals surface area (Å²) in [5, 5.41) is 0. The third-order valence-corrected chi connectivity index (χ3v) is 4.37. The fraction of sp³-hybridized carbons (Fsp3) is 0.136. The van der Waals surface area contributed by atoms with E-state index in [9.17, 15) is 0 Å². The lowest BCUT2D eigenvalue weighted by Crippen LogP contribution is -1.98. The second-order valence-electron chi connectivity index (χ2n) is 6.05. The Balaban J connectivity index is 1.77. The molecule has 126 valence electrons. The molecule has 0 aliphatic rings. The minimum absolute atomic E-state index is 0.535. The van der Waals surface area contributed by atoms with Crippen LogP contribution in [0.5, 0.6) is 5.75 Å².